The van der Waals surface area contributed by atoms with Gasteiger partial charge in [-0.1, -0.05) is 17.7 Å². The summed E-state index contributed by atoms with van der Waals surface area (Å²) in [4.78, 5) is 12.4. The van der Waals surface area contributed by atoms with E-state index in [2.05, 4.69) is 10.4 Å². The van der Waals surface area contributed by atoms with Crippen molar-refractivity contribution in [3.05, 3.63) is 40.2 Å². The fourth-order valence-electron chi connectivity index (χ4n) is 2.26. The van der Waals surface area contributed by atoms with Gasteiger partial charge in [0, 0.05) is 13.1 Å². The van der Waals surface area contributed by atoms with E-state index in [1.807, 2.05) is 19.1 Å². The Labute approximate surface area is 140 Å². The van der Waals surface area contributed by atoms with E-state index in [4.69, 9.17) is 21.1 Å². The van der Waals surface area contributed by atoms with Gasteiger partial charge in [0.15, 0.2) is 11.5 Å². The third-order valence-electron chi connectivity index (χ3n) is 3.47. The Balaban J connectivity index is 2.13. The third kappa shape index (κ3) is 3.59. The van der Waals surface area contributed by atoms with Crippen LogP contribution < -0.4 is 14.8 Å². The van der Waals surface area contributed by atoms with Gasteiger partial charge in [-0.3, -0.25) is 9.48 Å². The van der Waals surface area contributed by atoms with Gasteiger partial charge >= 0.3 is 0 Å². The fourth-order valence-corrected chi connectivity index (χ4v) is 2.48. The minimum atomic E-state index is -0.257. The predicted molar refractivity (Wildman–Crippen MR) is 88.4 cm³/mol. The monoisotopic (exact) mass is 337 g/mol. The van der Waals surface area contributed by atoms with Gasteiger partial charge < -0.3 is 14.8 Å². The summed E-state index contributed by atoms with van der Waals surface area (Å²) in [5.74, 6) is 1.00. The Bertz CT molecular complexity index is 713. The van der Waals surface area contributed by atoms with Crippen molar-refractivity contribution in [1.82, 2.24) is 15.1 Å². The van der Waals surface area contributed by atoms with E-state index in [1.165, 1.54) is 0 Å². The SMILES string of the molecule is CCn1nc(C)c(Cl)c1C(=O)NCc1ccc(OC)c(OC)c1. The number of nitrogens with one attached hydrogen (secondary N) is 1. The summed E-state index contributed by atoms with van der Waals surface area (Å²) in [6.07, 6.45) is 0. The van der Waals surface area contributed by atoms with E-state index >= 15 is 0 Å². The van der Waals surface area contributed by atoms with Crippen LogP contribution in [-0.2, 0) is 13.1 Å². The van der Waals surface area contributed by atoms with Gasteiger partial charge in [-0.05, 0) is 31.5 Å². The molecule has 6 nitrogen and oxygen atoms in total. The summed E-state index contributed by atoms with van der Waals surface area (Å²) in [7, 11) is 3.15. The molecule has 2 aromatic rings. The average molecular weight is 338 g/mol. The molecule has 1 aromatic heterocycles. The summed E-state index contributed by atoms with van der Waals surface area (Å²) in [6, 6.07) is 5.49. The zero-order chi connectivity index (χ0) is 17.0. The third-order valence-corrected chi connectivity index (χ3v) is 3.92. The first-order valence-corrected chi connectivity index (χ1v) is 7.61. The molecule has 0 saturated carbocycles. The number of hydrogen-bond acceptors (Lipinski definition) is 4. The number of carbonyl (C=O) groups is 1. The number of methoxy groups -OCH3 is 2. The molecule has 0 saturated heterocycles. The number of amides is 1. The minimum absolute atomic E-state index is 0.257. The van der Waals surface area contributed by atoms with Crippen molar-refractivity contribution < 1.29 is 14.3 Å². The van der Waals surface area contributed by atoms with E-state index in [0.29, 0.717) is 41.0 Å². The summed E-state index contributed by atoms with van der Waals surface area (Å²) >= 11 is 6.18. The highest BCUT2D eigenvalue weighted by Gasteiger charge is 2.19. The molecule has 0 atom stereocenters. The van der Waals surface area contributed by atoms with E-state index < -0.39 is 0 Å². The van der Waals surface area contributed by atoms with Crippen molar-refractivity contribution in [3.63, 3.8) is 0 Å². The maximum Gasteiger partial charge on any atom is 0.271 e. The van der Waals surface area contributed by atoms with E-state index in [9.17, 15) is 4.79 Å². The summed E-state index contributed by atoms with van der Waals surface area (Å²) in [5, 5.41) is 7.48. The molecule has 0 fully saturated rings. The Kier molecular flexibility index (Phi) is 5.50. The first-order valence-electron chi connectivity index (χ1n) is 7.23. The van der Waals surface area contributed by atoms with Crippen LogP contribution in [0.2, 0.25) is 5.02 Å². The fraction of sp³-hybridized carbons (Fsp3) is 0.375. The highest BCUT2D eigenvalue weighted by molar-refractivity contribution is 6.34. The number of ether oxygens (including phenoxy) is 2. The van der Waals surface area contributed by atoms with Crippen LogP contribution in [0.25, 0.3) is 0 Å². The lowest BCUT2D eigenvalue weighted by molar-refractivity contribution is 0.0940. The first-order chi connectivity index (χ1) is 11.0. The molecule has 1 heterocycles. The summed E-state index contributed by atoms with van der Waals surface area (Å²) < 4.78 is 12.0. The second kappa shape index (κ2) is 7.37. The number of halogens is 1. The number of nitrogens with zero attached hydrogens (tertiary/aromatic N) is 2. The van der Waals surface area contributed by atoms with E-state index in [0.717, 1.165) is 5.56 Å². The minimum Gasteiger partial charge on any atom is -0.493 e. The Hall–Kier alpha value is -2.21. The van der Waals surface area contributed by atoms with Gasteiger partial charge in [0.05, 0.1) is 24.9 Å². The molecule has 0 bridgehead atoms. The van der Waals surface area contributed by atoms with Crippen LogP contribution in [0.3, 0.4) is 0 Å². The van der Waals surface area contributed by atoms with Gasteiger partial charge in [-0.25, -0.2) is 0 Å². The largest absolute Gasteiger partial charge is 0.493 e. The number of hydrogen-bond donors (Lipinski definition) is 1. The van der Waals surface area contributed by atoms with E-state index in [1.54, 1.807) is 31.9 Å². The van der Waals surface area contributed by atoms with Crippen LogP contribution in [0.4, 0.5) is 0 Å². The highest BCUT2D eigenvalue weighted by Crippen LogP contribution is 2.27. The summed E-state index contributed by atoms with van der Waals surface area (Å²) in [6.45, 7) is 4.61. The molecular formula is C16H20ClN3O3. The molecule has 23 heavy (non-hydrogen) atoms. The van der Waals surface area contributed by atoms with Crippen molar-refractivity contribution in [2.45, 2.75) is 26.9 Å². The number of aromatic nitrogens is 2. The molecule has 1 N–H and O–H groups in total. The normalized spacial score (nSPS) is 10.5. The average Bonchev–Trinajstić information content (AvgIpc) is 2.86. The van der Waals surface area contributed by atoms with Crippen LogP contribution in [0.15, 0.2) is 18.2 Å². The molecule has 0 radical (unpaired) electrons. The topological polar surface area (TPSA) is 65.4 Å². The molecule has 0 aliphatic rings. The van der Waals surface area contributed by atoms with Crippen LogP contribution in [0.5, 0.6) is 11.5 Å². The van der Waals surface area contributed by atoms with E-state index in [-0.39, 0.29) is 5.91 Å². The lowest BCUT2D eigenvalue weighted by atomic mass is 10.2. The van der Waals surface area contributed by atoms with Gasteiger partial charge in [0.2, 0.25) is 0 Å². The van der Waals surface area contributed by atoms with Crippen molar-refractivity contribution in [2.24, 2.45) is 0 Å². The molecule has 1 amide bonds. The Morgan fingerprint density at radius 1 is 1.30 bits per heavy atom. The molecule has 0 unspecified atom stereocenters. The van der Waals surface area contributed by atoms with Crippen LogP contribution in [-0.4, -0.2) is 29.9 Å². The Morgan fingerprint density at radius 2 is 2.00 bits per heavy atom. The molecule has 1 aromatic carbocycles. The molecule has 0 spiro atoms. The van der Waals surface area contributed by atoms with Crippen molar-refractivity contribution >= 4 is 17.5 Å². The van der Waals surface area contributed by atoms with Crippen LogP contribution in [0, 0.1) is 6.92 Å². The van der Waals surface area contributed by atoms with Gasteiger partial charge in [0.1, 0.15) is 5.69 Å². The molecule has 124 valence electrons. The van der Waals surface area contributed by atoms with Crippen molar-refractivity contribution in [3.8, 4) is 11.5 Å². The lowest BCUT2D eigenvalue weighted by Crippen LogP contribution is -2.26. The zero-order valence-corrected chi connectivity index (χ0v) is 14.4. The zero-order valence-electron chi connectivity index (χ0n) is 13.6. The lowest BCUT2D eigenvalue weighted by Gasteiger charge is -2.11. The predicted octanol–water partition coefficient (Wildman–Crippen LogP) is 2.81. The van der Waals surface area contributed by atoms with Crippen molar-refractivity contribution in [2.75, 3.05) is 14.2 Å². The second-order valence-corrected chi connectivity index (χ2v) is 5.31. The van der Waals surface area contributed by atoms with Gasteiger partial charge in [-0.2, -0.15) is 5.10 Å². The first kappa shape index (κ1) is 17.1. The standard InChI is InChI=1S/C16H20ClN3O3/c1-5-20-15(14(17)10(2)19-20)16(21)18-9-11-6-7-12(22-3)13(8-11)23-4/h6-8H,5,9H2,1-4H3,(H,18,21). The number of benzene rings is 1. The van der Waals surface area contributed by atoms with Crippen LogP contribution in [0.1, 0.15) is 28.7 Å². The van der Waals surface area contributed by atoms with Gasteiger partial charge in [0.25, 0.3) is 5.91 Å². The quantitative estimate of drug-likeness (QED) is 0.880. The van der Waals surface area contributed by atoms with Crippen molar-refractivity contribution in [1.29, 1.82) is 0 Å². The van der Waals surface area contributed by atoms with Crippen LogP contribution >= 0.6 is 11.6 Å². The second-order valence-electron chi connectivity index (χ2n) is 4.94. The molecule has 2 rings (SSSR count). The highest BCUT2D eigenvalue weighted by atomic mass is 35.5. The number of rotatable bonds is 6. The molecule has 0 aliphatic carbocycles. The molecule has 0 aliphatic heterocycles. The summed E-state index contributed by atoms with van der Waals surface area (Å²) in [5.41, 5.74) is 1.92. The smallest absolute Gasteiger partial charge is 0.271 e. The maximum absolute atomic E-state index is 12.4. The van der Waals surface area contributed by atoms with Gasteiger partial charge in [-0.15, -0.1) is 0 Å². The molecular weight excluding hydrogens is 318 g/mol. The number of carbonyl (C=O) groups excluding carboxylic acids is 1. The molecule has 7 heteroatoms. The Morgan fingerprint density at radius 3 is 2.61 bits per heavy atom. The maximum atomic E-state index is 12.4. The number of aryl methyl sites for hydroxylation is 2.